The molecule has 0 radical (unpaired) electrons. The summed E-state index contributed by atoms with van der Waals surface area (Å²) >= 11 is 0. The van der Waals surface area contributed by atoms with Gasteiger partial charge in [-0.3, -0.25) is 4.79 Å². The zero-order valence-electron chi connectivity index (χ0n) is 12.6. The maximum absolute atomic E-state index is 12.2. The topological polar surface area (TPSA) is 47.8 Å². The van der Waals surface area contributed by atoms with Crippen LogP contribution in [0.1, 0.15) is 35.7 Å². The Hall–Kier alpha value is -2.75. The molecule has 3 aromatic rings. The molecule has 0 aliphatic rings. The summed E-state index contributed by atoms with van der Waals surface area (Å²) in [4.78, 5) is 12.2. The minimum absolute atomic E-state index is 0.207. The van der Waals surface area contributed by atoms with Gasteiger partial charge in [-0.2, -0.15) is 4.68 Å². The van der Waals surface area contributed by atoms with Crippen molar-refractivity contribution in [3.05, 3.63) is 65.7 Å². The number of para-hydroxylation sites is 1. The van der Waals surface area contributed by atoms with Crippen LogP contribution in [0.5, 0.6) is 0 Å². The second-order valence-electron chi connectivity index (χ2n) is 5.48. The third-order valence-corrected chi connectivity index (χ3v) is 3.58. The van der Waals surface area contributed by atoms with Gasteiger partial charge in [0.15, 0.2) is 0 Å². The van der Waals surface area contributed by atoms with Gasteiger partial charge in [0.2, 0.25) is 0 Å². The van der Waals surface area contributed by atoms with Crippen molar-refractivity contribution >= 4 is 23.0 Å². The van der Waals surface area contributed by atoms with Crippen LogP contribution in [-0.4, -0.2) is 20.9 Å². The van der Waals surface area contributed by atoms with E-state index < -0.39 is 0 Å². The summed E-state index contributed by atoms with van der Waals surface area (Å²) in [6.07, 6.45) is 3.31. The quantitative estimate of drug-likeness (QED) is 0.687. The molecule has 0 aliphatic carbocycles. The number of nitrogens with zero attached hydrogens (tertiary/aromatic N) is 3. The first-order chi connectivity index (χ1) is 10.6. The lowest BCUT2D eigenvalue weighted by Gasteiger charge is -2.04. The molecule has 0 bridgehead atoms. The fraction of sp³-hybridized carbons (Fsp3) is 0.167. The van der Waals surface area contributed by atoms with Crippen molar-refractivity contribution in [2.45, 2.75) is 19.8 Å². The lowest BCUT2D eigenvalue weighted by Crippen LogP contribution is -2.08. The van der Waals surface area contributed by atoms with Crippen LogP contribution in [0.3, 0.4) is 0 Å². The third-order valence-electron chi connectivity index (χ3n) is 3.58. The largest absolute Gasteiger partial charge is 0.272 e. The van der Waals surface area contributed by atoms with Crippen molar-refractivity contribution in [2.75, 3.05) is 0 Å². The summed E-state index contributed by atoms with van der Waals surface area (Å²) in [6, 6.07) is 15.6. The van der Waals surface area contributed by atoms with Crippen LogP contribution in [0, 0.1) is 0 Å². The number of carbonyl (C=O) groups excluding carboxylic acids is 1. The third kappa shape index (κ3) is 2.81. The first-order valence-electron chi connectivity index (χ1n) is 7.28. The van der Waals surface area contributed by atoms with Gasteiger partial charge in [-0.1, -0.05) is 55.5 Å². The zero-order valence-corrected chi connectivity index (χ0v) is 12.6. The summed E-state index contributed by atoms with van der Waals surface area (Å²) in [5, 5.41) is 7.89. The van der Waals surface area contributed by atoms with E-state index >= 15 is 0 Å². The maximum Gasteiger partial charge on any atom is 0.272 e. The Morgan fingerprint density at radius 1 is 1.09 bits per heavy atom. The molecule has 0 spiro atoms. The van der Waals surface area contributed by atoms with Gasteiger partial charge >= 0.3 is 0 Å². The van der Waals surface area contributed by atoms with Crippen LogP contribution in [0.4, 0.5) is 0 Å². The number of hydrogen-bond acceptors (Lipinski definition) is 3. The number of benzene rings is 2. The van der Waals surface area contributed by atoms with E-state index in [9.17, 15) is 4.79 Å². The van der Waals surface area contributed by atoms with E-state index in [0.717, 1.165) is 5.56 Å². The van der Waals surface area contributed by atoms with Gasteiger partial charge < -0.3 is 0 Å². The van der Waals surface area contributed by atoms with E-state index in [1.54, 1.807) is 6.08 Å². The molecule has 1 aromatic heterocycles. The Morgan fingerprint density at radius 3 is 2.55 bits per heavy atom. The van der Waals surface area contributed by atoms with E-state index in [4.69, 9.17) is 0 Å². The van der Waals surface area contributed by atoms with Crippen molar-refractivity contribution < 1.29 is 4.79 Å². The van der Waals surface area contributed by atoms with E-state index in [1.807, 2.05) is 36.4 Å². The smallest absolute Gasteiger partial charge is 0.267 e. The summed E-state index contributed by atoms with van der Waals surface area (Å²) in [7, 11) is 0. The Balaban J connectivity index is 1.81. The predicted molar refractivity (Wildman–Crippen MR) is 87.7 cm³/mol. The van der Waals surface area contributed by atoms with Crippen molar-refractivity contribution in [3.63, 3.8) is 0 Å². The molecule has 4 heteroatoms. The average Bonchev–Trinajstić information content (AvgIpc) is 2.97. The Bertz CT molecular complexity index is 829. The first-order valence-corrected chi connectivity index (χ1v) is 7.28. The summed E-state index contributed by atoms with van der Waals surface area (Å²) in [6.45, 7) is 4.31. The summed E-state index contributed by atoms with van der Waals surface area (Å²) < 4.78 is 1.31. The molecule has 0 saturated carbocycles. The van der Waals surface area contributed by atoms with Crippen LogP contribution in [0.15, 0.2) is 54.6 Å². The number of carbonyl (C=O) groups is 1. The van der Waals surface area contributed by atoms with Crippen molar-refractivity contribution in [1.29, 1.82) is 0 Å². The fourth-order valence-electron chi connectivity index (χ4n) is 2.26. The second kappa shape index (κ2) is 5.93. The number of allylic oxidation sites excluding steroid dienone is 1. The van der Waals surface area contributed by atoms with E-state index in [-0.39, 0.29) is 5.91 Å². The minimum Gasteiger partial charge on any atom is -0.267 e. The second-order valence-corrected chi connectivity index (χ2v) is 5.48. The van der Waals surface area contributed by atoms with Gasteiger partial charge in [0.1, 0.15) is 5.52 Å². The number of fused-ring (bicyclic) bond motifs is 1. The monoisotopic (exact) mass is 291 g/mol. The molecule has 0 fully saturated rings. The summed E-state index contributed by atoms with van der Waals surface area (Å²) in [5.41, 5.74) is 3.70. The Morgan fingerprint density at radius 2 is 1.82 bits per heavy atom. The highest BCUT2D eigenvalue weighted by molar-refractivity contribution is 5.98. The molecule has 110 valence electrons. The molecule has 0 saturated heterocycles. The highest BCUT2D eigenvalue weighted by Gasteiger charge is 2.08. The fourth-order valence-corrected chi connectivity index (χ4v) is 2.26. The molecule has 1 heterocycles. The van der Waals surface area contributed by atoms with Crippen LogP contribution >= 0.6 is 0 Å². The van der Waals surface area contributed by atoms with E-state index in [0.29, 0.717) is 17.0 Å². The maximum atomic E-state index is 12.2. The predicted octanol–water partition coefficient (Wildman–Crippen LogP) is 3.91. The molecule has 0 aliphatic heterocycles. The van der Waals surface area contributed by atoms with Gasteiger partial charge in [0, 0.05) is 6.08 Å². The highest BCUT2D eigenvalue weighted by atomic mass is 16.2. The molecule has 0 unspecified atom stereocenters. The molecule has 0 N–H and O–H groups in total. The normalized spacial score (nSPS) is 11.6. The first kappa shape index (κ1) is 14.2. The van der Waals surface area contributed by atoms with Crippen LogP contribution in [0.2, 0.25) is 0 Å². The van der Waals surface area contributed by atoms with Gasteiger partial charge in [-0.15, -0.1) is 5.10 Å². The minimum atomic E-state index is -0.207. The molecule has 0 amide bonds. The summed E-state index contributed by atoms with van der Waals surface area (Å²) in [5.74, 6) is 0.294. The number of hydrogen-bond donors (Lipinski definition) is 0. The Kier molecular flexibility index (Phi) is 3.83. The Labute approximate surface area is 129 Å². The van der Waals surface area contributed by atoms with Crippen LogP contribution in [-0.2, 0) is 0 Å². The number of aromatic nitrogens is 3. The molecule has 0 atom stereocenters. The standard InChI is InChI=1S/C18H17N3O/c1-13(2)15-10-7-14(8-11-15)9-12-18(22)21-17-6-4-3-5-16(17)19-20-21/h3-13H,1-2H3/b12-9-. The zero-order chi connectivity index (χ0) is 15.5. The highest BCUT2D eigenvalue weighted by Crippen LogP contribution is 2.15. The molecule has 3 rings (SSSR count). The molecule has 4 nitrogen and oxygen atoms in total. The number of rotatable bonds is 3. The molecular weight excluding hydrogens is 274 g/mol. The lowest BCUT2D eigenvalue weighted by molar-refractivity contribution is 0.0958. The van der Waals surface area contributed by atoms with Gasteiger partial charge in [0.25, 0.3) is 5.91 Å². The molecular formula is C18H17N3O. The van der Waals surface area contributed by atoms with Crippen molar-refractivity contribution in [3.8, 4) is 0 Å². The van der Waals surface area contributed by atoms with Crippen LogP contribution < -0.4 is 0 Å². The van der Waals surface area contributed by atoms with Gasteiger partial charge in [-0.05, 0) is 35.3 Å². The van der Waals surface area contributed by atoms with E-state index in [2.05, 4.69) is 36.3 Å². The molecule has 22 heavy (non-hydrogen) atoms. The van der Waals surface area contributed by atoms with Gasteiger partial charge in [-0.25, -0.2) is 0 Å². The van der Waals surface area contributed by atoms with Crippen molar-refractivity contribution in [2.24, 2.45) is 0 Å². The SMILES string of the molecule is CC(C)c1ccc(/C=C\C(=O)n2nnc3ccccc32)cc1. The van der Waals surface area contributed by atoms with Crippen molar-refractivity contribution in [1.82, 2.24) is 15.0 Å². The van der Waals surface area contributed by atoms with Crippen LogP contribution in [0.25, 0.3) is 17.1 Å². The lowest BCUT2D eigenvalue weighted by atomic mass is 10.0. The molecule has 2 aromatic carbocycles. The van der Waals surface area contributed by atoms with E-state index in [1.165, 1.54) is 16.3 Å². The van der Waals surface area contributed by atoms with Gasteiger partial charge in [0.05, 0.1) is 5.52 Å². The average molecular weight is 291 g/mol.